The van der Waals surface area contributed by atoms with Gasteiger partial charge in [-0.2, -0.15) is 13.2 Å². The summed E-state index contributed by atoms with van der Waals surface area (Å²) in [6.45, 7) is 8.46. The number of pyridine rings is 1. The molecule has 0 saturated carbocycles. The van der Waals surface area contributed by atoms with E-state index < -0.39 is 23.1 Å². The van der Waals surface area contributed by atoms with Crippen LogP contribution in [0.1, 0.15) is 32.0 Å². The number of carbonyl (C=O) groups excluding carboxylic acids is 1. The van der Waals surface area contributed by atoms with Gasteiger partial charge in [0.1, 0.15) is 0 Å². The summed E-state index contributed by atoms with van der Waals surface area (Å²) in [4.78, 5) is 15.2. The molecule has 0 aliphatic heterocycles. The zero-order valence-corrected chi connectivity index (χ0v) is 10.4. The van der Waals surface area contributed by atoms with Crippen molar-refractivity contribution in [1.29, 1.82) is 0 Å². The van der Waals surface area contributed by atoms with E-state index in [1.165, 1.54) is 0 Å². The largest absolute Gasteiger partial charge is 0.417 e. The van der Waals surface area contributed by atoms with Gasteiger partial charge in [-0.1, -0.05) is 20.8 Å². The number of rotatable bonds is 1. The van der Waals surface area contributed by atoms with Crippen molar-refractivity contribution >= 4 is 11.6 Å². The highest BCUT2D eigenvalue weighted by Crippen LogP contribution is 2.31. The molecule has 1 radical (unpaired) electrons. The number of nitrogens with zero attached hydrogens (tertiary/aromatic N) is 1. The summed E-state index contributed by atoms with van der Waals surface area (Å²) in [6.07, 6.45) is -3.81. The Balaban J connectivity index is 3.06. The Kier molecular flexibility index (Phi) is 3.69. The Bertz CT molecular complexity index is 461. The fourth-order valence-corrected chi connectivity index (χ4v) is 1.07. The summed E-state index contributed by atoms with van der Waals surface area (Å²) in [6, 6.07) is 0.832. The predicted molar refractivity (Wildman–Crippen MR) is 61.8 cm³/mol. The smallest absolute Gasteiger partial charge is 0.324 e. The first-order valence-electron chi connectivity index (χ1n) is 5.22. The van der Waals surface area contributed by atoms with Crippen LogP contribution in [0.2, 0.25) is 0 Å². The molecule has 0 spiro atoms. The van der Waals surface area contributed by atoms with E-state index in [4.69, 9.17) is 0 Å². The summed E-state index contributed by atoms with van der Waals surface area (Å²) in [5.74, 6) is -0.395. The zero-order chi connectivity index (χ0) is 14.1. The van der Waals surface area contributed by atoms with Crippen molar-refractivity contribution in [2.24, 2.45) is 5.41 Å². The molecule has 0 saturated heterocycles. The maximum atomic E-state index is 12.5. The van der Waals surface area contributed by atoms with Gasteiger partial charge in [0.2, 0.25) is 5.91 Å². The lowest BCUT2D eigenvalue weighted by molar-refractivity contribution is -0.137. The predicted octanol–water partition coefficient (Wildman–Crippen LogP) is 3.27. The topological polar surface area (TPSA) is 42.0 Å². The lowest BCUT2D eigenvalue weighted by atomic mass is 9.95. The molecule has 0 bridgehead atoms. The first kappa shape index (κ1) is 14.5. The molecule has 1 rings (SSSR count). The van der Waals surface area contributed by atoms with Gasteiger partial charge in [0.05, 0.1) is 16.9 Å². The van der Waals surface area contributed by atoms with Gasteiger partial charge in [-0.15, -0.1) is 0 Å². The van der Waals surface area contributed by atoms with Crippen LogP contribution in [0.5, 0.6) is 0 Å². The molecule has 0 aliphatic carbocycles. The molecule has 18 heavy (non-hydrogen) atoms. The van der Waals surface area contributed by atoms with Crippen molar-refractivity contribution in [2.75, 3.05) is 5.32 Å². The van der Waals surface area contributed by atoms with Crippen molar-refractivity contribution in [2.45, 2.75) is 26.9 Å². The Morgan fingerprint density at radius 1 is 1.33 bits per heavy atom. The fraction of sp³-hybridized carbons (Fsp3) is 0.417. The normalized spacial score (nSPS) is 12.4. The highest BCUT2D eigenvalue weighted by molar-refractivity contribution is 5.95. The molecule has 1 N–H and O–H groups in total. The Labute approximate surface area is 103 Å². The Hall–Kier alpha value is -1.59. The first-order valence-corrected chi connectivity index (χ1v) is 5.22. The van der Waals surface area contributed by atoms with Gasteiger partial charge in [-0.05, 0) is 13.0 Å². The number of halogens is 3. The van der Waals surface area contributed by atoms with E-state index in [1.807, 2.05) is 0 Å². The van der Waals surface area contributed by atoms with Crippen LogP contribution in [0.25, 0.3) is 0 Å². The maximum Gasteiger partial charge on any atom is 0.417 e. The molecular weight excluding hydrogens is 245 g/mol. The molecule has 1 aromatic heterocycles. The minimum Gasteiger partial charge on any atom is -0.324 e. The van der Waals surface area contributed by atoms with Gasteiger partial charge >= 0.3 is 6.18 Å². The third-order valence-corrected chi connectivity index (χ3v) is 2.23. The van der Waals surface area contributed by atoms with E-state index in [1.54, 1.807) is 20.8 Å². The molecule has 6 heteroatoms. The molecule has 0 unspecified atom stereocenters. The van der Waals surface area contributed by atoms with Gasteiger partial charge < -0.3 is 5.32 Å². The molecule has 0 aromatic carbocycles. The van der Waals surface area contributed by atoms with Crippen molar-refractivity contribution in [3.05, 3.63) is 30.4 Å². The van der Waals surface area contributed by atoms with E-state index in [-0.39, 0.29) is 11.4 Å². The van der Waals surface area contributed by atoms with Gasteiger partial charge in [-0.25, -0.2) is 0 Å². The van der Waals surface area contributed by atoms with E-state index in [0.29, 0.717) is 6.20 Å². The molecule has 0 atom stereocenters. The minimum atomic E-state index is -4.50. The van der Waals surface area contributed by atoms with Crippen molar-refractivity contribution in [3.8, 4) is 0 Å². The number of anilines is 1. The Morgan fingerprint density at radius 3 is 2.33 bits per heavy atom. The second-order valence-corrected chi connectivity index (χ2v) is 4.92. The molecule has 1 heterocycles. The van der Waals surface area contributed by atoms with E-state index >= 15 is 0 Å². The molecule has 3 nitrogen and oxygen atoms in total. The van der Waals surface area contributed by atoms with Crippen molar-refractivity contribution in [1.82, 2.24) is 4.98 Å². The summed E-state index contributed by atoms with van der Waals surface area (Å²) >= 11 is 0. The first-order chi connectivity index (χ1) is 8.01. The lowest BCUT2D eigenvalue weighted by Crippen LogP contribution is -2.28. The molecule has 1 amide bonds. The van der Waals surface area contributed by atoms with Crippen LogP contribution in [0, 0.1) is 12.3 Å². The highest BCUT2D eigenvalue weighted by Gasteiger charge is 2.32. The molecule has 0 fully saturated rings. The summed E-state index contributed by atoms with van der Waals surface area (Å²) < 4.78 is 37.5. The van der Waals surface area contributed by atoms with Crippen LogP contribution < -0.4 is 5.32 Å². The average molecular weight is 259 g/mol. The van der Waals surface area contributed by atoms with Crippen molar-refractivity contribution in [3.63, 3.8) is 0 Å². The van der Waals surface area contributed by atoms with Crippen LogP contribution in [0.3, 0.4) is 0 Å². The monoisotopic (exact) mass is 259 g/mol. The van der Waals surface area contributed by atoms with Crippen LogP contribution in [0.15, 0.2) is 12.3 Å². The average Bonchev–Trinajstić information content (AvgIpc) is 2.18. The third kappa shape index (κ3) is 3.45. The molecule has 99 valence electrons. The van der Waals surface area contributed by atoms with E-state index in [0.717, 1.165) is 6.07 Å². The van der Waals surface area contributed by atoms with Gasteiger partial charge in [0.25, 0.3) is 0 Å². The molecular formula is C12H14F3N2O. The summed E-state index contributed by atoms with van der Waals surface area (Å²) in [5, 5.41) is 2.40. The SMILES string of the molecule is [CH2]c1ncc(C(F)(F)F)cc1NC(=O)C(C)(C)C. The maximum absolute atomic E-state index is 12.5. The number of hydrogen-bond donors (Lipinski definition) is 1. The number of carbonyl (C=O) groups is 1. The number of amides is 1. The molecule has 1 aromatic rings. The van der Waals surface area contributed by atoms with Crippen LogP contribution in [-0.4, -0.2) is 10.9 Å². The quantitative estimate of drug-likeness (QED) is 0.841. The summed E-state index contributed by atoms with van der Waals surface area (Å²) in [5.41, 5.74) is -1.55. The highest BCUT2D eigenvalue weighted by atomic mass is 19.4. The van der Waals surface area contributed by atoms with Gasteiger partial charge in [0, 0.05) is 11.6 Å². The lowest BCUT2D eigenvalue weighted by Gasteiger charge is -2.19. The van der Waals surface area contributed by atoms with Crippen LogP contribution >= 0.6 is 0 Å². The summed E-state index contributed by atoms with van der Waals surface area (Å²) in [7, 11) is 0. The number of aromatic nitrogens is 1. The van der Waals surface area contributed by atoms with Crippen molar-refractivity contribution < 1.29 is 18.0 Å². The number of nitrogens with one attached hydrogen (secondary N) is 1. The molecule has 0 aliphatic rings. The zero-order valence-electron chi connectivity index (χ0n) is 10.4. The third-order valence-electron chi connectivity index (χ3n) is 2.23. The van der Waals surface area contributed by atoms with E-state index in [2.05, 4.69) is 17.2 Å². The minimum absolute atomic E-state index is 0.0234. The Morgan fingerprint density at radius 2 is 1.89 bits per heavy atom. The second kappa shape index (κ2) is 4.59. The van der Waals surface area contributed by atoms with E-state index in [9.17, 15) is 18.0 Å². The van der Waals surface area contributed by atoms with Gasteiger partial charge in [0.15, 0.2) is 0 Å². The number of hydrogen-bond acceptors (Lipinski definition) is 2. The van der Waals surface area contributed by atoms with Crippen LogP contribution in [-0.2, 0) is 11.0 Å². The second-order valence-electron chi connectivity index (χ2n) is 4.92. The number of alkyl halides is 3. The fourth-order valence-electron chi connectivity index (χ4n) is 1.07. The standard InChI is InChI=1S/C12H14F3N2O/c1-7-9(17-10(18)11(2,3)4)5-8(6-16-7)12(13,14)15/h5-6H,1H2,2-4H3,(H,17,18). The van der Waals surface area contributed by atoms with Crippen LogP contribution in [0.4, 0.5) is 18.9 Å². The van der Waals surface area contributed by atoms with Gasteiger partial charge in [-0.3, -0.25) is 9.78 Å².